The standard InChI is InChI=1S/C31H58O4/c1-3-5-7-9-11-12-14-17-21-25-29(26-22-18-15-16-19-23-27-30(32)33)35-31(34)28-24-20-13-10-8-6-4-2/h21,25,29H,3-20,22-24,26-28H2,1-2H3,(H,32,33)/b25-21-. The summed E-state index contributed by atoms with van der Waals surface area (Å²) >= 11 is 0. The first-order chi connectivity index (χ1) is 17.1. The van der Waals surface area contributed by atoms with E-state index >= 15 is 0 Å². The lowest BCUT2D eigenvalue weighted by molar-refractivity contribution is -0.147. The molecule has 35 heavy (non-hydrogen) atoms. The van der Waals surface area contributed by atoms with Crippen LogP contribution in [0, 0.1) is 0 Å². The third-order valence-corrected chi connectivity index (χ3v) is 6.72. The van der Waals surface area contributed by atoms with Crippen LogP contribution < -0.4 is 0 Å². The van der Waals surface area contributed by atoms with Gasteiger partial charge in [0.15, 0.2) is 0 Å². The maximum Gasteiger partial charge on any atom is 0.306 e. The number of carboxylic acids is 1. The number of hydrogen-bond donors (Lipinski definition) is 1. The van der Waals surface area contributed by atoms with Gasteiger partial charge in [0, 0.05) is 12.8 Å². The van der Waals surface area contributed by atoms with Gasteiger partial charge in [-0.15, -0.1) is 0 Å². The Hall–Kier alpha value is -1.32. The van der Waals surface area contributed by atoms with E-state index in [4.69, 9.17) is 9.84 Å². The molecule has 4 nitrogen and oxygen atoms in total. The molecule has 0 aromatic rings. The lowest BCUT2D eigenvalue weighted by Gasteiger charge is -2.15. The molecule has 1 N–H and O–H groups in total. The molecule has 0 saturated heterocycles. The maximum atomic E-state index is 12.4. The summed E-state index contributed by atoms with van der Waals surface area (Å²) in [5.41, 5.74) is 0. The van der Waals surface area contributed by atoms with Gasteiger partial charge in [-0.25, -0.2) is 0 Å². The van der Waals surface area contributed by atoms with E-state index in [0.717, 1.165) is 64.2 Å². The van der Waals surface area contributed by atoms with E-state index in [1.54, 1.807) is 0 Å². The van der Waals surface area contributed by atoms with Crippen molar-refractivity contribution in [1.29, 1.82) is 0 Å². The van der Waals surface area contributed by atoms with Gasteiger partial charge in [-0.2, -0.15) is 0 Å². The molecule has 0 aromatic carbocycles. The van der Waals surface area contributed by atoms with Gasteiger partial charge >= 0.3 is 11.9 Å². The summed E-state index contributed by atoms with van der Waals surface area (Å²) in [6.07, 6.45) is 30.9. The normalized spacial score (nSPS) is 12.3. The topological polar surface area (TPSA) is 63.6 Å². The molecule has 0 rings (SSSR count). The lowest BCUT2D eigenvalue weighted by atomic mass is 10.0. The van der Waals surface area contributed by atoms with Crippen LogP contribution in [-0.2, 0) is 14.3 Å². The summed E-state index contributed by atoms with van der Waals surface area (Å²) in [7, 11) is 0. The highest BCUT2D eigenvalue weighted by molar-refractivity contribution is 5.69. The largest absolute Gasteiger partial charge is 0.481 e. The molecule has 0 heterocycles. The van der Waals surface area contributed by atoms with Crippen LogP contribution in [0.4, 0.5) is 0 Å². The van der Waals surface area contributed by atoms with Crippen LogP contribution in [-0.4, -0.2) is 23.1 Å². The Kier molecular flexibility index (Phi) is 26.2. The molecule has 0 amide bonds. The van der Waals surface area contributed by atoms with Crippen molar-refractivity contribution in [1.82, 2.24) is 0 Å². The SMILES string of the molecule is CCCCCCCCC/C=C\C(CCCCCCCCC(=O)O)OC(=O)CCCCCCCCC. The summed E-state index contributed by atoms with van der Waals surface area (Å²) in [5.74, 6) is -0.743. The molecule has 0 saturated carbocycles. The molecule has 0 aromatic heterocycles. The summed E-state index contributed by atoms with van der Waals surface area (Å²) < 4.78 is 5.85. The van der Waals surface area contributed by atoms with E-state index < -0.39 is 5.97 Å². The second kappa shape index (κ2) is 27.3. The molecule has 0 radical (unpaired) electrons. The third kappa shape index (κ3) is 27.1. The summed E-state index contributed by atoms with van der Waals surface area (Å²) in [4.78, 5) is 23.0. The first-order valence-corrected chi connectivity index (χ1v) is 15.2. The minimum Gasteiger partial charge on any atom is -0.481 e. The zero-order valence-corrected chi connectivity index (χ0v) is 23.4. The van der Waals surface area contributed by atoms with E-state index in [9.17, 15) is 9.59 Å². The van der Waals surface area contributed by atoms with Gasteiger partial charge in [0.1, 0.15) is 6.10 Å². The average molecular weight is 495 g/mol. The Morgan fingerprint density at radius 1 is 0.629 bits per heavy atom. The zero-order chi connectivity index (χ0) is 25.8. The van der Waals surface area contributed by atoms with Gasteiger partial charge < -0.3 is 9.84 Å². The van der Waals surface area contributed by atoms with Crippen molar-refractivity contribution < 1.29 is 19.4 Å². The second-order valence-electron chi connectivity index (χ2n) is 10.3. The number of carbonyl (C=O) groups is 2. The van der Waals surface area contributed by atoms with Crippen molar-refractivity contribution >= 4 is 11.9 Å². The predicted molar refractivity (Wildman–Crippen MR) is 149 cm³/mol. The third-order valence-electron chi connectivity index (χ3n) is 6.72. The van der Waals surface area contributed by atoms with E-state index in [1.807, 2.05) is 0 Å². The van der Waals surface area contributed by atoms with Crippen LogP contribution in [0.2, 0.25) is 0 Å². The Morgan fingerprint density at radius 3 is 1.63 bits per heavy atom. The van der Waals surface area contributed by atoms with Crippen LogP contribution in [0.15, 0.2) is 12.2 Å². The van der Waals surface area contributed by atoms with Crippen LogP contribution in [0.5, 0.6) is 0 Å². The number of esters is 1. The van der Waals surface area contributed by atoms with E-state index in [1.165, 1.54) is 77.0 Å². The van der Waals surface area contributed by atoms with Gasteiger partial charge in [0.25, 0.3) is 0 Å². The van der Waals surface area contributed by atoms with E-state index in [2.05, 4.69) is 26.0 Å². The summed E-state index contributed by atoms with van der Waals surface area (Å²) in [6, 6.07) is 0. The quantitative estimate of drug-likeness (QED) is 0.0701. The van der Waals surface area contributed by atoms with Crippen molar-refractivity contribution in [3.05, 3.63) is 12.2 Å². The number of unbranched alkanes of at least 4 members (excludes halogenated alkanes) is 18. The van der Waals surface area contributed by atoms with E-state index in [0.29, 0.717) is 6.42 Å². The highest BCUT2D eigenvalue weighted by atomic mass is 16.5. The molecule has 0 bridgehead atoms. The van der Waals surface area contributed by atoms with Crippen LogP contribution in [0.3, 0.4) is 0 Å². The fraction of sp³-hybridized carbons (Fsp3) is 0.871. The maximum absolute atomic E-state index is 12.4. The minimum absolute atomic E-state index is 0.0437. The Labute approximate surface area is 217 Å². The van der Waals surface area contributed by atoms with Crippen molar-refractivity contribution in [2.24, 2.45) is 0 Å². The molecule has 206 valence electrons. The first-order valence-electron chi connectivity index (χ1n) is 15.2. The molecule has 0 aliphatic carbocycles. The number of aliphatic carboxylic acids is 1. The fourth-order valence-corrected chi connectivity index (χ4v) is 4.44. The fourth-order valence-electron chi connectivity index (χ4n) is 4.44. The van der Waals surface area contributed by atoms with Crippen molar-refractivity contribution in [3.8, 4) is 0 Å². The monoisotopic (exact) mass is 494 g/mol. The van der Waals surface area contributed by atoms with Crippen molar-refractivity contribution in [2.45, 2.75) is 174 Å². The summed E-state index contributed by atoms with van der Waals surface area (Å²) in [6.45, 7) is 4.49. The summed E-state index contributed by atoms with van der Waals surface area (Å²) in [5, 5.41) is 8.71. The number of rotatable bonds is 27. The first kappa shape index (κ1) is 33.7. The van der Waals surface area contributed by atoms with E-state index in [-0.39, 0.29) is 18.5 Å². The average Bonchev–Trinajstić information content (AvgIpc) is 2.83. The molecule has 0 aliphatic rings. The molecule has 0 aliphatic heterocycles. The van der Waals surface area contributed by atoms with Gasteiger partial charge in [0.05, 0.1) is 0 Å². The molecular weight excluding hydrogens is 436 g/mol. The highest BCUT2D eigenvalue weighted by Crippen LogP contribution is 2.15. The Morgan fingerprint density at radius 2 is 1.09 bits per heavy atom. The van der Waals surface area contributed by atoms with Gasteiger partial charge in [-0.05, 0) is 44.6 Å². The highest BCUT2D eigenvalue weighted by Gasteiger charge is 2.11. The minimum atomic E-state index is -0.700. The molecule has 4 heteroatoms. The van der Waals surface area contributed by atoms with Gasteiger partial charge in [-0.3, -0.25) is 9.59 Å². The number of carboxylic acid groups (broad SMARTS) is 1. The predicted octanol–water partition coefficient (Wildman–Crippen LogP) is 9.94. The molecule has 1 unspecified atom stereocenters. The molecular formula is C31H58O4. The zero-order valence-electron chi connectivity index (χ0n) is 23.4. The number of allylic oxidation sites excluding steroid dienone is 1. The Bertz CT molecular complexity index is 500. The lowest BCUT2D eigenvalue weighted by Crippen LogP contribution is -2.16. The van der Waals surface area contributed by atoms with Gasteiger partial charge in [0.2, 0.25) is 0 Å². The van der Waals surface area contributed by atoms with Crippen LogP contribution in [0.25, 0.3) is 0 Å². The smallest absolute Gasteiger partial charge is 0.306 e. The van der Waals surface area contributed by atoms with Crippen molar-refractivity contribution in [3.63, 3.8) is 0 Å². The molecule has 0 fully saturated rings. The van der Waals surface area contributed by atoms with Crippen molar-refractivity contribution in [2.75, 3.05) is 0 Å². The number of hydrogen-bond acceptors (Lipinski definition) is 3. The Balaban J connectivity index is 4.17. The second-order valence-corrected chi connectivity index (χ2v) is 10.3. The number of carbonyl (C=O) groups excluding carboxylic acids is 1. The van der Waals surface area contributed by atoms with Crippen LogP contribution in [0.1, 0.15) is 168 Å². The number of ether oxygens (including phenoxy) is 1. The van der Waals surface area contributed by atoms with Gasteiger partial charge in [-0.1, -0.05) is 123 Å². The van der Waals surface area contributed by atoms with Crippen LogP contribution >= 0.6 is 0 Å². The molecule has 1 atom stereocenters. The molecule has 0 spiro atoms.